The van der Waals surface area contributed by atoms with E-state index < -0.39 is 9.84 Å². The Morgan fingerprint density at radius 1 is 1.52 bits per heavy atom. The summed E-state index contributed by atoms with van der Waals surface area (Å²) in [5, 5.41) is 5.46. The number of nitrogens with one attached hydrogen (secondary N) is 2. The molecule has 8 heteroatoms. The van der Waals surface area contributed by atoms with Crippen LogP contribution in [0.2, 0.25) is 0 Å². The summed E-state index contributed by atoms with van der Waals surface area (Å²) >= 11 is 0. The van der Waals surface area contributed by atoms with E-state index in [1.165, 1.54) is 0 Å². The van der Waals surface area contributed by atoms with Gasteiger partial charge in [-0.3, -0.25) is 4.90 Å². The van der Waals surface area contributed by atoms with Crippen LogP contribution in [0, 0.1) is 0 Å². The van der Waals surface area contributed by atoms with Gasteiger partial charge in [-0.1, -0.05) is 0 Å². The molecular weight excluding hydrogens is 294 g/mol. The Bertz CT molecular complexity index is 568. The molecule has 2 atom stereocenters. The molecule has 7 nitrogen and oxygen atoms in total. The summed E-state index contributed by atoms with van der Waals surface area (Å²) in [5.74, 6) is 0.934. The maximum absolute atomic E-state index is 11.8. The minimum atomic E-state index is -2.99. The van der Waals surface area contributed by atoms with E-state index in [1.54, 1.807) is 12.3 Å². The van der Waals surface area contributed by atoms with Crippen LogP contribution in [0.25, 0.3) is 0 Å². The Morgan fingerprint density at radius 2 is 2.29 bits per heavy atom. The minimum absolute atomic E-state index is 0.0235. The molecule has 2 heterocycles. The summed E-state index contributed by atoms with van der Waals surface area (Å²) < 4.78 is 28.0. The van der Waals surface area contributed by atoms with Gasteiger partial charge >= 0.3 is 6.03 Å². The van der Waals surface area contributed by atoms with Gasteiger partial charge in [0, 0.05) is 12.6 Å². The first kappa shape index (κ1) is 15.8. The van der Waals surface area contributed by atoms with Gasteiger partial charge in [0.2, 0.25) is 0 Å². The number of carbonyl (C=O) groups is 1. The van der Waals surface area contributed by atoms with Crippen molar-refractivity contribution in [1.82, 2.24) is 15.5 Å². The van der Waals surface area contributed by atoms with E-state index >= 15 is 0 Å². The number of carbonyl (C=O) groups excluding carboxylic acids is 1. The first-order valence-electron chi connectivity index (χ1n) is 6.82. The second-order valence-corrected chi connectivity index (χ2v) is 7.68. The molecule has 1 aliphatic heterocycles. The molecule has 0 aliphatic carbocycles. The SMILES string of the molecule is CN(C)[C@H](CNC(=O)N[C@@H]1CCS(=O)(=O)C1)c1ccco1. The lowest BCUT2D eigenvalue weighted by atomic mass is 10.2. The van der Waals surface area contributed by atoms with Crippen molar-refractivity contribution in [3.8, 4) is 0 Å². The van der Waals surface area contributed by atoms with Crippen molar-refractivity contribution in [3.63, 3.8) is 0 Å². The second kappa shape index (κ2) is 6.48. The normalized spacial score (nSPS) is 22.1. The number of urea groups is 1. The Hall–Kier alpha value is -1.54. The van der Waals surface area contributed by atoms with Crippen LogP contribution in [-0.4, -0.2) is 57.5 Å². The molecule has 2 rings (SSSR count). The first-order chi connectivity index (χ1) is 9.87. The predicted molar refractivity (Wildman–Crippen MR) is 78.7 cm³/mol. The third-order valence-corrected chi connectivity index (χ3v) is 5.29. The number of amides is 2. The third-order valence-electron chi connectivity index (χ3n) is 3.52. The summed E-state index contributed by atoms with van der Waals surface area (Å²) in [6.07, 6.45) is 2.07. The lowest BCUT2D eigenvalue weighted by molar-refractivity contribution is 0.223. The van der Waals surface area contributed by atoms with Crippen molar-refractivity contribution in [2.75, 3.05) is 32.1 Å². The molecule has 0 spiro atoms. The van der Waals surface area contributed by atoms with Gasteiger partial charge in [-0.15, -0.1) is 0 Å². The Balaban J connectivity index is 1.83. The fraction of sp³-hybridized carbons (Fsp3) is 0.615. The molecule has 1 aromatic rings. The highest BCUT2D eigenvalue weighted by molar-refractivity contribution is 7.91. The number of nitrogens with zero attached hydrogens (tertiary/aromatic N) is 1. The van der Waals surface area contributed by atoms with E-state index in [1.807, 2.05) is 25.1 Å². The molecule has 2 amide bonds. The van der Waals surface area contributed by atoms with Crippen LogP contribution in [0.5, 0.6) is 0 Å². The number of furan rings is 1. The van der Waals surface area contributed by atoms with Gasteiger partial charge in [0.15, 0.2) is 9.84 Å². The second-order valence-electron chi connectivity index (χ2n) is 5.45. The molecule has 0 aromatic carbocycles. The molecule has 21 heavy (non-hydrogen) atoms. The van der Waals surface area contributed by atoms with Gasteiger partial charge < -0.3 is 15.1 Å². The zero-order valence-electron chi connectivity index (χ0n) is 12.2. The average molecular weight is 315 g/mol. The van der Waals surface area contributed by atoms with E-state index in [9.17, 15) is 13.2 Å². The highest BCUT2D eigenvalue weighted by atomic mass is 32.2. The maximum Gasteiger partial charge on any atom is 0.315 e. The molecule has 1 saturated heterocycles. The zero-order chi connectivity index (χ0) is 15.5. The fourth-order valence-corrected chi connectivity index (χ4v) is 4.03. The van der Waals surface area contributed by atoms with Crippen molar-refractivity contribution >= 4 is 15.9 Å². The number of sulfone groups is 1. The summed E-state index contributed by atoms with van der Waals surface area (Å²) in [6.45, 7) is 0.381. The zero-order valence-corrected chi connectivity index (χ0v) is 13.0. The van der Waals surface area contributed by atoms with E-state index in [4.69, 9.17) is 4.42 Å². The molecular formula is C13H21N3O4S. The topological polar surface area (TPSA) is 91.7 Å². The number of hydrogen-bond donors (Lipinski definition) is 2. The summed E-state index contributed by atoms with van der Waals surface area (Å²) in [5.41, 5.74) is 0. The Kier molecular flexibility index (Phi) is 4.89. The summed E-state index contributed by atoms with van der Waals surface area (Å²) in [6, 6.07) is 2.94. The van der Waals surface area contributed by atoms with Gasteiger partial charge in [-0.2, -0.15) is 0 Å². The number of rotatable bonds is 5. The highest BCUT2D eigenvalue weighted by Gasteiger charge is 2.29. The van der Waals surface area contributed by atoms with Gasteiger partial charge in [0.05, 0.1) is 23.8 Å². The lowest BCUT2D eigenvalue weighted by Gasteiger charge is -2.23. The smallest absolute Gasteiger partial charge is 0.315 e. The molecule has 0 radical (unpaired) electrons. The van der Waals surface area contributed by atoms with Gasteiger partial charge in [-0.25, -0.2) is 13.2 Å². The van der Waals surface area contributed by atoms with Gasteiger partial charge in [-0.05, 0) is 32.6 Å². The van der Waals surface area contributed by atoms with E-state index in [0.717, 1.165) is 5.76 Å². The number of likely N-dealkylation sites (N-methyl/N-ethyl adjacent to an activating group) is 1. The standard InChI is InChI=1S/C13H21N3O4S/c1-16(2)11(12-4-3-6-20-12)8-14-13(17)15-10-5-7-21(18,19)9-10/h3-4,6,10-11H,5,7-9H2,1-2H3,(H2,14,15,17)/t10-,11-/m1/s1. The van der Waals surface area contributed by atoms with Crippen molar-refractivity contribution in [1.29, 1.82) is 0 Å². The predicted octanol–water partition coefficient (Wildman–Crippen LogP) is 0.369. The first-order valence-corrected chi connectivity index (χ1v) is 8.64. The van der Waals surface area contributed by atoms with Crippen LogP contribution in [-0.2, 0) is 9.84 Å². The highest BCUT2D eigenvalue weighted by Crippen LogP contribution is 2.17. The molecule has 1 fully saturated rings. The summed E-state index contributed by atoms with van der Waals surface area (Å²) in [4.78, 5) is 13.8. The molecule has 0 bridgehead atoms. The van der Waals surface area contributed by atoms with Crippen LogP contribution in [0.1, 0.15) is 18.2 Å². The third kappa shape index (κ3) is 4.47. The van der Waals surface area contributed by atoms with E-state index in [2.05, 4.69) is 10.6 Å². The van der Waals surface area contributed by atoms with E-state index in [0.29, 0.717) is 13.0 Å². The molecule has 118 valence electrons. The van der Waals surface area contributed by atoms with Gasteiger partial charge in [0.1, 0.15) is 5.76 Å². The number of hydrogen-bond acceptors (Lipinski definition) is 5. The van der Waals surface area contributed by atoms with Crippen molar-refractivity contribution in [2.24, 2.45) is 0 Å². The van der Waals surface area contributed by atoms with Crippen molar-refractivity contribution < 1.29 is 17.6 Å². The van der Waals surface area contributed by atoms with Crippen LogP contribution in [0.4, 0.5) is 4.79 Å². The van der Waals surface area contributed by atoms with E-state index in [-0.39, 0.29) is 29.6 Å². The van der Waals surface area contributed by atoms with Crippen LogP contribution >= 0.6 is 0 Å². The molecule has 0 unspecified atom stereocenters. The quantitative estimate of drug-likeness (QED) is 0.819. The van der Waals surface area contributed by atoms with Crippen molar-refractivity contribution in [2.45, 2.75) is 18.5 Å². The largest absolute Gasteiger partial charge is 0.468 e. The fourth-order valence-electron chi connectivity index (χ4n) is 2.35. The maximum atomic E-state index is 11.8. The minimum Gasteiger partial charge on any atom is -0.468 e. The van der Waals surface area contributed by atoms with Crippen LogP contribution in [0.15, 0.2) is 22.8 Å². The molecule has 1 aromatic heterocycles. The van der Waals surface area contributed by atoms with Crippen molar-refractivity contribution in [3.05, 3.63) is 24.2 Å². The van der Waals surface area contributed by atoms with Crippen LogP contribution in [0.3, 0.4) is 0 Å². The average Bonchev–Trinajstić information content (AvgIpc) is 2.99. The summed E-state index contributed by atoms with van der Waals surface area (Å²) in [7, 11) is 0.811. The molecule has 1 aliphatic rings. The van der Waals surface area contributed by atoms with Crippen LogP contribution < -0.4 is 10.6 Å². The Labute approximate surface area is 124 Å². The van der Waals surface area contributed by atoms with Gasteiger partial charge in [0.25, 0.3) is 0 Å². The molecule has 0 saturated carbocycles. The Morgan fingerprint density at radius 3 is 2.81 bits per heavy atom. The monoisotopic (exact) mass is 315 g/mol. The molecule has 2 N–H and O–H groups in total. The lowest BCUT2D eigenvalue weighted by Crippen LogP contribution is -2.45.